The van der Waals surface area contributed by atoms with Gasteiger partial charge in [-0.05, 0) is 59.0 Å². The van der Waals surface area contributed by atoms with Crippen LogP contribution in [0.2, 0.25) is 0 Å². The summed E-state index contributed by atoms with van der Waals surface area (Å²) in [5.74, 6) is 0.850. The first kappa shape index (κ1) is 19.1. The standard InChI is InChI=1S/C26H22N4O/c27-16-19-3-1-4-20(13-19)22-14-21-6-10-29-18-25(21)26(15-22)31-24-7-11-30(12-8-24)23-5-2-9-28-17-23/h1-6,9-10,13-15,17-18,24H,7-8,11-12H2. The molecule has 1 aliphatic rings. The van der Waals surface area contributed by atoms with Crippen LogP contribution in [0.15, 0.2) is 79.4 Å². The molecule has 0 aliphatic carbocycles. The van der Waals surface area contributed by atoms with Crippen LogP contribution in [0, 0.1) is 11.3 Å². The van der Waals surface area contributed by atoms with Gasteiger partial charge in [0.05, 0.1) is 23.5 Å². The molecular weight excluding hydrogens is 384 g/mol. The molecule has 152 valence electrons. The van der Waals surface area contributed by atoms with Gasteiger partial charge in [0, 0.05) is 49.9 Å². The maximum absolute atomic E-state index is 9.26. The number of anilines is 1. The van der Waals surface area contributed by atoms with E-state index in [4.69, 9.17) is 4.74 Å². The van der Waals surface area contributed by atoms with Crippen molar-refractivity contribution in [3.63, 3.8) is 0 Å². The first-order chi connectivity index (χ1) is 15.3. The molecule has 1 aliphatic heterocycles. The number of pyridine rings is 2. The molecule has 0 bridgehead atoms. The minimum atomic E-state index is 0.150. The van der Waals surface area contributed by atoms with Crippen molar-refractivity contribution in [2.24, 2.45) is 0 Å². The Morgan fingerprint density at radius 3 is 2.58 bits per heavy atom. The van der Waals surface area contributed by atoms with Crippen LogP contribution in [0.4, 0.5) is 5.69 Å². The third-order valence-electron chi connectivity index (χ3n) is 5.79. The van der Waals surface area contributed by atoms with Crippen molar-refractivity contribution in [1.29, 1.82) is 5.26 Å². The quantitative estimate of drug-likeness (QED) is 0.465. The van der Waals surface area contributed by atoms with Crippen molar-refractivity contribution in [3.05, 3.63) is 84.9 Å². The molecule has 0 unspecified atom stereocenters. The van der Waals surface area contributed by atoms with E-state index in [1.807, 2.05) is 48.8 Å². The SMILES string of the molecule is N#Cc1cccc(-c2cc(OC3CCN(c4cccnc4)CC3)c3cnccc3c2)c1. The van der Waals surface area contributed by atoms with Gasteiger partial charge in [0.15, 0.2) is 0 Å². The van der Waals surface area contributed by atoms with Crippen molar-refractivity contribution in [3.8, 4) is 22.9 Å². The van der Waals surface area contributed by atoms with Crippen molar-refractivity contribution >= 4 is 16.5 Å². The molecule has 5 nitrogen and oxygen atoms in total. The second kappa shape index (κ2) is 8.45. The summed E-state index contributed by atoms with van der Waals surface area (Å²) >= 11 is 0. The predicted octanol–water partition coefficient (Wildman–Crippen LogP) is 5.22. The van der Waals surface area contributed by atoms with Gasteiger partial charge in [-0.2, -0.15) is 5.26 Å². The maximum atomic E-state index is 9.26. The van der Waals surface area contributed by atoms with Gasteiger partial charge in [0.1, 0.15) is 11.9 Å². The van der Waals surface area contributed by atoms with Gasteiger partial charge in [-0.3, -0.25) is 9.97 Å². The zero-order valence-corrected chi connectivity index (χ0v) is 17.1. The highest BCUT2D eigenvalue weighted by molar-refractivity contribution is 5.92. The summed E-state index contributed by atoms with van der Waals surface area (Å²) in [6, 6.07) is 20.2. The molecule has 0 N–H and O–H groups in total. The molecule has 0 radical (unpaired) electrons. The van der Waals surface area contributed by atoms with Gasteiger partial charge < -0.3 is 9.64 Å². The molecule has 0 amide bonds. The van der Waals surface area contributed by atoms with Crippen LogP contribution in [-0.4, -0.2) is 29.2 Å². The lowest BCUT2D eigenvalue weighted by Crippen LogP contribution is -2.38. The average molecular weight is 406 g/mol. The zero-order valence-electron chi connectivity index (χ0n) is 17.1. The van der Waals surface area contributed by atoms with Crippen LogP contribution in [0.3, 0.4) is 0 Å². The van der Waals surface area contributed by atoms with E-state index in [1.165, 1.54) is 0 Å². The largest absolute Gasteiger partial charge is 0.490 e. The first-order valence-corrected chi connectivity index (χ1v) is 10.5. The highest BCUT2D eigenvalue weighted by atomic mass is 16.5. The summed E-state index contributed by atoms with van der Waals surface area (Å²) in [5, 5.41) is 11.4. The maximum Gasteiger partial charge on any atom is 0.129 e. The number of nitriles is 1. The molecule has 1 fully saturated rings. The fourth-order valence-electron chi connectivity index (χ4n) is 4.15. The Labute approximate surface area is 181 Å². The number of aromatic nitrogens is 2. The van der Waals surface area contributed by atoms with E-state index in [0.717, 1.165) is 59.3 Å². The summed E-state index contributed by atoms with van der Waals surface area (Å²) < 4.78 is 6.52. The Balaban J connectivity index is 1.41. The monoisotopic (exact) mass is 406 g/mol. The predicted molar refractivity (Wildman–Crippen MR) is 122 cm³/mol. The van der Waals surface area contributed by atoms with Crippen LogP contribution in [-0.2, 0) is 0 Å². The van der Waals surface area contributed by atoms with E-state index >= 15 is 0 Å². The van der Waals surface area contributed by atoms with Crippen molar-refractivity contribution in [2.75, 3.05) is 18.0 Å². The second-order valence-corrected chi connectivity index (χ2v) is 7.78. The Bertz CT molecular complexity index is 1240. The minimum absolute atomic E-state index is 0.150. The van der Waals surface area contributed by atoms with E-state index in [-0.39, 0.29) is 6.10 Å². The highest BCUT2D eigenvalue weighted by Gasteiger charge is 2.22. The molecule has 3 heterocycles. The Hall–Kier alpha value is -3.91. The van der Waals surface area contributed by atoms with Gasteiger partial charge in [-0.25, -0.2) is 0 Å². The fourth-order valence-corrected chi connectivity index (χ4v) is 4.15. The number of hydrogen-bond donors (Lipinski definition) is 0. The Morgan fingerprint density at radius 1 is 0.903 bits per heavy atom. The van der Waals surface area contributed by atoms with Gasteiger partial charge in [0.2, 0.25) is 0 Å². The molecule has 0 spiro atoms. The van der Waals surface area contributed by atoms with Crippen molar-refractivity contribution in [2.45, 2.75) is 18.9 Å². The Kier molecular flexibility index (Phi) is 5.20. The van der Waals surface area contributed by atoms with Crippen LogP contribution in [0.25, 0.3) is 21.9 Å². The average Bonchev–Trinajstić information content (AvgIpc) is 2.85. The van der Waals surface area contributed by atoms with Crippen LogP contribution in [0.5, 0.6) is 5.75 Å². The lowest BCUT2D eigenvalue weighted by atomic mass is 9.99. The lowest BCUT2D eigenvalue weighted by molar-refractivity contribution is 0.173. The molecule has 0 saturated carbocycles. The number of nitrogens with zero attached hydrogens (tertiary/aromatic N) is 4. The molecule has 2 aromatic heterocycles. The summed E-state index contributed by atoms with van der Waals surface area (Å²) in [6.07, 6.45) is 9.43. The smallest absolute Gasteiger partial charge is 0.129 e. The van der Waals surface area contributed by atoms with Gasteiger partial charge in [-0.15, -0.1) is 0 Å². The molecule has 2 aromatic carbocycles. The topological polar surface area (TPSA) is 62.0 Å². The van der Waals surface area contributed by atoms with E-state index in [1.54, 1.807) is 12.4 Å². The van der Waals surface area contributed by atoms with Gasteiger partial charge in [-0.1, -0.05) is 12.1 Å². The number of rotatable bonds is 4. The van der Waals surface area contributed by atoms with E-state index in [0.29, 0.717) is 5.56 Å². The number of ether oxygens (including phenoxy) is 1. The molecule has 31 heavy (non-hydrogen) atoms. The van der Waals surface area contributed by atoms with Gasteiger partial charge in [0.25, 0.3) is 0 Å². The lowest BCUT2D eigenvalue weighted by Gasteiger charge is -2.33. The van der Waals surface area contributed by atoms with Crippen LogP contribution in [0.1, 0.15) is 18.4 Å². The summed E-state index contributed by atoms with van der Waals surface area (Å²) in [7, 11) is 0. The van der Waals surface area contributed by atoms with E-state index < -0.39 is 0 Å². The fraction of sp³-hybridized carbons (Fsp3) is 0.192. The molecule has 5 heteroatoms. The molecular formula is C26H22N4O. The molecule has 4 aromatic rings. The van der Waals surface area contributed by atoms with Gasteiger partial charge >= 0.3 is 0 Å². The van der Waals surface area contributed by atoms with E-state index in [9.17, 15) is 5.26 Å². The third kappa shape index (κ3) is 4.06. The third-order valence-corrected chi connectivity index (χ3v) is 5.79. The van der Waals surface area contributed by atoms with Crippen molar-refractivity contribution < 1.29 is 4.74 Å². The number of piperidine rings is 1. The van der Waals surface area contributed by atoms with Crippen LogP contribution < -0.4 is 9.64 Å². The molecule has 1 saturated heterocycles. The zero-order chi connectivity index (χ0) is 21.0. The van der Waals surface area contributed by atoms with Crippen LogP contribution >= 0.6 is 0 Å². The number of fused-ring (bicyclic) bond motifs is 1. The number of hydrogen-bond acceptors (Lipinski definition) is 5. The molecule has 0 atom stereocenters. The Morgan fingerprint density at radius 2 is 1.77 bits per heavy atom. The minimum Gasteiger partial charge on any atom is -0.490 e. The summed E-state index contributed by atoms with van der Waals surface area (Å²) in [5.41, 5.74) is 3.86. The molecule has 5 rings (SSSR count). The first-order valence-electron chi connectivity index (χ1n) is 10.5. The summed E-state index contributed by atoms with van der Waals surface area (Å²) in [6.45, 7) is 1.88. The number of benzene rings is 2. The second-order valence-electron chi connectivity index (χ2n) is 7.78. The highest BCUT2D eigenvalue weighted by Crippen LogP contribution is 2.34. The normalized spacial score (nSPS) is 14.4. The van der Waals surface area contributed by atoms with E-state index in [2.05, 4.69) is 39.1 Å². The summed E-state index contributed by atoms with van der Waals surface area (Å²) in [4.78, 5) is 10.9. The van der Waals surface area contributed by atoms with Crippen molar-refractivity contribution in [1.82, 2.24) is 9.97 Å².